The van der Waals surface area contributed by atoms with E-state index in [0.29, 0.717) is 6.54 Å². The second kappa shape index (κ2) is 6.91. The Morgan fingerprint density at radius 3 is 2.68 bits per heavy atom. The SMILES string of the molecule is CCC(C)C(O)CNC(=O)C1CC12CCNCC2.Cl. The van der Waals surface area contributed by atoms with Gasteiger partial charge in [0.1, 0.15) is 0 Å². The zero-order valence-electron chi connectivity index (χ0n) is 11.9. The van der Waals surface area contributed by atoms with Gasteiger partial charge in [-0.15, -0.1) is 12.4 Å². The van der Waals surface area contributed by atoms with Crippen molar-refractivity contribution >= 4 is 18.3 Å². The third-order valence-corrected chi connectivity index (χ3v) is 4.89. The number of hydrogen-bond acceptors (Lipinski definition) is 3. The summed E-state index contributed by atoms with van der Waals surface area (Å²) in [6.45, 7) is 6.56. The molecule has 3 N–H and O–H groups in total. The van der Waals surface area contributed by atoms with Crippen molar-refractivity contribution in [1.29, 1.82) is 0 Å². The van der Waals surface area contributed by atoms with Gasteiger partial charge in [-0.1, -0.05) is 20.3 Å². The fraction of sp³-hybridized carbons (Fsp3) is 0.929. The number of aliphatic hydroxyl groups excluding tert-OH is 1. The Morgan fingerprint density at radius 2 is 2.11 bits per heavy atom. The molecule has 1 spiro atoms. The first-order chi connectivity index (χ1) is 8.59. The molecule has 2 aliphatic rings. The minimum atomic E-state index is -0.415. The van der Waals surface area contributed by atoms with Crippen LogP contribution in [0.5, 0.6) is 0 Å². The highest BCUT2D eigenvalue weighted by Gasteiger charge is 2.57. The van der Waals surface area contributed by atoms with Gasteiger partial charge in [-0.25, -0.2) is 0 Å². The van der Waals surface area contributed by atoms with Gasteiger partial charge in [0.25, 0.3) is 0 Å². The third-order valence-electron chi connectivity index (χ3n) is 4.89. The molecule has 1 heterocycles. The van der Waals surface area contributed by atoms with Crippen molar-refractivity contribution in [2.45, 2.75) is 45.6 Å². The quantitative estimate of drug-likeness (QED) is 0.716. The van der Waals surface area contributed by atoms with E-state index in [1.54, 1.807) is 0 Å². The Labute approximate surface area is 122 Å². The van der Waals surface area contributed by atoms with E-state index in [-0.39, 0.29) is 35.6 Å². The smallest absolute Gasteiger partial charge is 0.223 e. The minimum absolute atomic E-state index is 0. The van der Waals surface area contributed by atoms with E-state index in [0.717, 1.165) is 38.8 Å². The first-order valence-corrected chi connectivity index (χ1v) is 7.25. The molecule has 1 saturated heterocycles. The number of amides is 1. The lowest BCUT2D eigenvalue weighted by molar-refractivity contribution is -0.123. The molecule has 1 saturated carbocycles. The Balaban J connectivity index is 0.00000180. The van der Waals surface area contributed by atoms with Gasteiger partial charge in [0.15, 0.2) is 0 Å². The second-order valence-electron chi connectivity index (χ2n) is 6.07. The largest absolute Gasteiger partial charge is 0.391 e. The molecule has 3 unspecified atom stereocenters. The maximum absolute atomic E-state index is 12.1. The molecule has 0 bridgehead atoms. The van der Waals surface area contributed by atoms with Crippen LogP contribution in [-0.2, 0) is 4.79 Å². The van der Waals surface area contributed by atoms with Crippen LogP contribution in [0.2, 0.25) is 0 Å². The summed E-state index contributed by atoms with van der Waals surface area (Å²) in [6, 6.07) is 0. The Morgan fingerprint density at radius 1 is 1.47 bits per heavy atom. The van der Waals surface area contributed by atoms with Crippen LogP contribution < -0.4 is 10.6 Å². The van der Waals surface area contributed by atoms with Crippen molar-refractivity contribution < 1.29 is 9.90 Å². The Hall–Kier alpha value is -0.320. The lowest BCUT2D eigenvalue weighted by Crippen LogP contribution is -2.38. The average Bonchev–Trinajstić information content (AvgIpc) is 3.09. The van der Waals surface area contributed by atoms with Crippen LogP contribution in [0.3, 0.4) is 0 Å². The molecule has 0 aromatic rings. The molecule has 1 aliphatic heterocycles. The number of halogens is 1. The molecule has 3 atom stereocenters. The van der Waals surface area contributed by atoms with Crippen LogP contribution in [0.15, 0.2) is 0 Å². The van der Waals surface area contributed by atoms with E-state index in [1.807, 2.05) is 6.92 Å². The van der Waals surface area contributed by atoms with Crippen LogP contribution >= 0.6 is 12.4 Å². The summed E-state index contributed by atoms with van der Waals surface area (Å²) >= 11 is 0. The van der Waals surface area contributed by atoms with E-state index in [2.05, 4.69) is 17.6 Å². The fourth-order valence-electron chi connectivity index (χ4n) is 3.00. The molecule has 0 aromatic heterocycles. The molecular weight excluding hydrogens is 264 g/mol. The number of hydrogen-bond donors (Lipinski definition) is 3. The number of carbonyl (C=O) groups excluding carboxylic acids is 1. The summed E-state index contributed by atoms with van der Waals surface area (Å²) < 4.78 is 0. The summed E-state index contributed by atoms with van der Waals surface area (Å²) in [7, 11) is 0. The number of piperidine rings is 1. The maximum Gasteiger partial charge on any atom is 0.223 e. The van der Waals surface area contributed by atoms with E-state index in [4.69, 9.17) is 0 Å². The molecular formula is C14H27ClN2O2. The van der Waals surface area contributed by atoms with Crippen LogP contribution in [0, 0.1) is 17.3 Å². The van der Waals surface area contributed by atoms with Crippen molar-refractivity contribution in [2.24, 2.45) is 17.3 Å². The highest BCUT2D eigenvalue weighted by atomic mass is 35.5. The molecule has 19 heavy (non-hydrogen) atoms. The van der Waals surface area contributed by atoms with E-state index >= 15 is 0 Å². The van der Waals surface area contributed by atoms with Gasteiger partial charge < -0.3 is 15.7 Å². The summed E-state index contributed by atoms with van der Waals surface area (Å²) in [5, 5.41) is 16.1. The molecule has 0 radical (unpaired) electrons. The molecule has 1 amide bonds. The zero-order chi connectivity index (χ0) is 13.2. The van der Waals surface area contributed by atoms with Crippen molar-refractivity contribution in [3.05, 3.63) is 0 Å². The molecule has 1 aliphatic carbocycles. The zero-order valence-corrected chi connectivity index (χ0v) is 12.8. The van der Waals surface area contributed by atoms with Crippen LogP contribution in [0.1, 0.15) is 39.5 Å². The predicted molar refractivity (Wildman–Crippen MR) is 78.4 cm³/mol. The number of nitrogens with one attached hydrogen (secondary N) is 2. The highest BCUT2D eigenvalue weighted by Crippen LogP contribution is 2.58. The molecule has 5 heteroatoms. The monoisotopic (exact) mass is 290 g/mol. The Bertz CT molecular complexity index is 306. The minimum Gasteiger partial charge on any atom is -0.391 e. The van der Waals surface area contributed by atoms with Crippen molar-refractivity contribution in [1.82, 2.24) is 10.6 Å². The molecule has 112 valence electrons. The fourth-order valence-corrected chi connectivity index (χ4v) is 3.00. The first-order valence-electron chi connectivity index (χ1n) is 7.25. The van der Waals surface area contributed by atoms with E-state index in [1.165, 1.54) is 0 Å². The highest BCUT2D eigenvalue weighted by molar-refractivity contribution is 5.85. The maximum atomic E-state index is 12.1. The van der Waals surface area contributed by atoms with Gasteiger partial charge in [-0.3, -0.25) is 4.79 Å². The number of aliphatic hydroxyl groups is 1. The lowest BCUT2D eigenvalue weighted by atomic mass is 9.91. The number of carbonyl (C=O) groups is 1. The van der Waals surface area contributed by atoms with Crippen LogP contribution in [0.25, 0.3) is 0 Å². The topological polar surface area (TPSA) is 61.4 Å². The van der Waals surface area contributed by atoms with Gasteiger partial charge in [0.05, 0.1) is 6.10 Å². The molecule has 4 nitrogen and oxygen atoms in total. The summed E-state index contributed by atoms with van der Waals surface area (Å²) in [4.78, 5) is 12.1. The second-order valence-corrected chi connectivity index (χ2v) is 6.07. The van der Waals surface area contributed by atoms with Gasteiger partial charge in [0, 0.05) is 12.5 Å². The van der Waals surface area contributed by atoms with Crippen LogP contribution in [-0.4, -0.2) is 36.8 Å². The van der Waals surface area contributed by atoms with Gasteiger partial charge in [0.2, 0.25) is 5.91 Å². The molecule has 0 aromatic carbocycles. The predicted octanol–water partition coefficient (Wildman–Crippen LogP) is 1.32. The molecule has 2 fully saturated rings. The Kier molecular flexibility index (Phi) is 6.09. The summed E-state index contributed by atoms with van der Waals surface area (Å²) in [5.74, 6) is 0.598. The van der Waals surface area contributed by atoms with Gasteiger partial charge in [-0.2, -0.15) is 0 Å². The molecule has 2 rings (SSSR count). The van der Waals surface area contributed by atoms with E-state index in [9.17, 15) is 9.90 Å². The van der Waals surface area contributed by atoms with Crippen molar-refractivity contribution in [2.75, 3.05) is 19.6 Å². The van der Waals surface area contributed by atoms with Gasteiger partial charge >= 0.3 is 0 Å². The average molecular weight is 291 g/mol. The first kappa shape index (κ1) is 16.7. The van der Waals surface area contributed by atoms with Gasteiger partial charge in [-0.05, 0) is 43.7 Å². The summed E-state index contributed by atoms with van der Waals surface area (Å²) in [5.41, 5.74) is 0.288. The standard InChI is InChI=1S/C14H26N2O2.ClH/c1-3-10(2)12(17)9-16-13(18)11-8-14(11)4-6-15-7-5-14;/h10-12,15,17H,3-9H2,1-2H3,(H,16,18);1H. The lowest BCUT2D eigenvalue weighted by Gasteiger charge is -2.23. The normalized spacial score (nSPS) is 27.2. The third kappa shape index (κ3) is 3.83. The van der Waals surface area contributed by atoms with Crippen molar-refractivity contribution in [3.63, 3.8) is 0 Å². The number of rotatable bonds is 5. The summed E-state index contributed by atoms with van der Waals surface area (Å²) in [6.07, 6.45) is 3.82. The van der Waals surface area contributed by atoms with Crippen LogP contribution in [0.4, 0.5) is 0 Å². The van der Waals surface area contributed by atoms with E-state index < -0.39 is 6.10 Å². The van der Waals surface area contributed by atoms with Crippen molar-refractivity contribution in [3.8, 4) is 0 Å².